The van der Waals surface area contributed by atoms with Gasteiger partial charge in [0.1, 0.15) is 6.54 Å². The zero-order valence-electron chi connectivity index (χ0n) is 15.9. The van der Waals surface area contributed by atoms with Crippen LogP contribution in [-0.4, -0.2) is 25.0 Å². The van der Waals surface area contributed by atoms with Crippen LogP contribution in [0.5, 0.6) is 0 Å². The quantitative estimate of drug-likeness (QED) is 0.530. The molecular weight excluding hydrogens is 370 g/mol. The Balaban J connectivity index is 1.46. The van der Waals surface area contributed by atoms with Crippen LogP contribution in [-0.2, 0) is 13.1 Å². The lowest BCUT2D eigenvalue weighted by Gasteiger charge is -2.12. The highest BCUT2D eigenvalue weighted by Gasteiger charge is 2.15. The van der Waals surface area contributed by atoms with Gasteiger partial charge in [-0.1, -0.05) is 36.4 Å². The molecule has 0 saturated carbocycles. The molecule has 5 nitrogen and oxygen atoms in total. The van der Waals surface area contributed by atoms with Crippen molar-refractivity contribution in [1.29, 1.82) is 0 Å². The van der Waals surface area contributed by atoms with E-state index in [0.717, 1.165) is 27.3 Å². The molecule has 0 saturated heterocycles. The molecule has 0 aliphatic carbocycles. The molecular formula is C22H22N3O2S+. The van der Waals surface area contributed by atoms with E-state index < -0.39 is 0 Å². The van der Waals surface area contributed by atoms with Crippen LogP contribution in [0.3, 0.4) is 0 Å². The van der Waals surface area contributed by atoms with Crippen LogP contribution >= 0.6 is 11.3 Å². The summed E-state index contributed by atoms with van der Waals surface area (Å²) in [6.07, 6.45) is 0. The van der Waals surface area contributed by atoms with Gasteiger partial charge in [-0.15, -0.1) is 11.3 Å². The average Bonchev–Trinajstić information content (AvgIpc) is 3.33. The molecule has 0 bridgehead atoms. The van der Waals surface area contributed by atoms with E-state index in [1.54, 1.807) is 23.5 Å². The number of hydrogen-bond donors (Lipinski definition) is 2. The number of rotatable bonds is 6. The van der Waals surface area contributed by atoms with E-state index in [4.69, 9.17) is 4.42 Å². The summed E-state index contributed by atoms with van der Waals surface area (Å²) in [5.41, 5.74) is 3.29. The fourth-order valence-electron chi connectivity index (χ4n) is 3.10. The SMILES string of the molecule is C[NH+](C)Cc1ccccc1CNC(=O)c1ccc(-c2nc3ccccc3s2)o1. The Morgan fingerprint density at radius 1 is 1.04 bits per heavy atom. The van der Waals surface area contributed by atoms with Crippen molar-refractivity contribution in [1.82, 2.24) is 10.3 Å². The number of para-hydroxylation sites is 1. The first-order valence-electron chi connectivity index (χ1n) is 9.20. The minimum Gasteiger partial charge on any atom is -0.448 e. The third-order valence-electron chi connectivity index (χ3n) is 4.44. The van der Waals surface area contributed by atoms with E-state index in [9.17, 15) is 4.79 Å². The Labute approximate surface area is 167 Å². The second-order valence-corrected chi connectivity index (χ2v) is 8.02. The first kappa shape index (κ1) is 18.4. The minimum atomic E-state index is -0.223. The number of aromatic nitrogens is 1. The first-order chi connectivity index (χ1) is 13.6. The van der Waals surface area contributed by atoms with Crippen molar-refractivity contribution in [3.63, 3.8) is 0 Å². The molecule has 1 amide bonds. The lowest BCUT2D eigenvalue weighted by atomic mass is 10.1. The highest BCUT2D eigenvalue weighted by molar-refractivity contribution is 7.21. The van der Waals surface area contributed by atoms with Gasteiger partial charge < -0.3 is 14.6 Å². The summed E-state index contributed by atoms with van der Waals surface area (Å²) in [5.74, 6) is 0.687. The highest BCUT2D eigenvalue weighted by Crippen LogP contribution is 2.31. The van der Waals surface area contributed by atoms with Crippen molar-refractivity contribution in [2.24, 2.45) is 0 Å². The Morgan fingerprint density at radius 2 is 1.79 bits per heavy atom. The van der Waals surface area contributed by atoms with Crippen LogP contribution in [0.25, 0.3) is 21.0 Å². The third kappa shape index (κ3) is 3.98. The van der Waals surface area contributed by atoms with Gasteiger partial charge in [0, 0.05) is 12.1 Å². The first-order valence-corrected chi connectivity index (χ1v) is 10.0. The highest BCUT2D eigenvalue weighted by atomic mass is 32.1. The molecule has 4 aromatic rings. The molecule has 0 radical (unpaired) electrons. The Morgan fingerprint density at radius 3 is 2.57 bits per heavy atom. The largest absolute Gasteiger partial charge is 0.448 e. The Bertz CT molecular complexity index is 1080. The van der Waals surface area contributed by atoms with Gasteiger partial charge in [-0.05, 0) is 29.8 Å². The number of carbonyl (C=O) groups is 1. The van der Waals surface area contributed by atoms with Crippen LogP contribution < -0.4 is 10.2 Å². The summed E-state index contributed by atoms with van der Waals surface area (Å²) >= 11 is 1.55. The molecule has 2 aromatic carbocycles. The van der Waals surface area contributed by atoms with Gasteiger partial charge >= 0.3 is 0 Å². The molecule has 0 spiro atoms. The predicted octanol–water partition coefficient (Wildman–Crippen LogP) is 3.13. The fourth-order valence-corrected chi connectivity index (χ4v) is 4.03. The Hall–Kier alpha value is -2.96. The van der Waals surface area contributed by atoms with Crippen LogP contribution in [0.4, 0.5) is 0 Å². The fraction of sp³-hybridized carbons (Fsp3) is 0.182. The van der Waals surface area contributed by atoms with Crippen LogP contribution in [0.2, 0.25) is 0 Å². The van der Waals surface area contributed by atoms with Gasteiger partial charge in [-0.2, -0.15) is 0 Å². The van der Waals surface area contributed by atoms with E-state index in [1.165, 1.54) is 10.5 Å². The molecule has 28 heavy (non-hydrogen) atoms. The number of thiazole rings is 1. The standard InChI is InChI=1S/C22H21N3O2S/c1-25(2)14-16-8-4-3-7-15(16)13-23-21(26)18-11-12-19(27-18)22-24-17-9-5-6-10-20(17)28-22/h3-12H,13-14H2,1-2H3,(H,23,26)/p+1. The summed E-state index contributed by atoms with van der Waals surface area (Å²) in [5, 5.41) is 3.74. The summed E-state index contributed by atoms with van der Waals surface area (Å²) < 4.78 is 6.87. The number of furan rings is 1. The second kappa shape index (κ2) is 7.96. The molecule has 6 heteroatoms. The minimum absolute atomic E-state index is 0.223. The number of nitrogens with one attached hydrogen (secondary N) is 2. The maximum atomic E-state index is 12.5. The molecule has 2 aromatic heterocycles. The molecule has 0 aliphatic rings. The molecule has 142 valence electrons. The van der Waals surface area contributed by atoms with E-state index in [1.807, 2.05) is 42.5 Å². The van der Waals surface area contributed by atoms with Crippen LogP contribution in [0, 0.1) is 0 Å². The summed E-state index contributed by atoms with van der Waals surface area (Å²) in [6.45, 7) is 1.38. The van der Waals surface area contributed by atoms with Gasteiger partial charge in [0.25, 0.3) is 5.91 Å². The van der Waals surface area contributed by atoms with Crippen molar-refractivity contribution < 1.29 is 14.1 Å². The van der Waals surface area contributed by atoms with E-state index >= 15 is 0 Å². The maximum absolute atomic E-state index is 12.5. The lowest BCUT2D eigenvalue weighted by molar-refractivity contribution is -0.872. The van der Waals surface area contributed by atoms with Gasteiger partial charge in [-0.25, -0.2) is 4.98 Å². The van der Waals surface area contributed by atoms with E-state index in [0.29, 0.717) is 18.1 Å². The van der Waals surface area contributed by atoms with Crippen molar-refractivity contribution in [2.45, 2.75) is 13.1 Å². The van der Waals surface area contributed by atoms with Crippen molar-refractivity contribution in [2.75, 3.05) is 14.1 Å². The normalized spacial score (nSPS) is 11.2. The molecule has 0 unspecified atom stereocenters. The van der Waals surface area contributed by atoms with Crippen LogP contribution in [0.1, 0.15) is 21.7 Å². The second-order valence-electron chi connectivity index (χ2n) is 6.99. The number of nitrogens with zero attached hydrogens (tertiary/aromatic N) is 1. The maximum Gasteiger partial charge on any atom is 0.287 e. The van der Waals surface area contributed by atoms with Gasteiger partial charge in [0.05, 0.1) is 24.3 Å². The van der Waals surface area contributed by atoms with Crippen LogP contribution in [0.15, 0.2) is 65.1 Å². The zero-order chi connectivity index (χ0) is 19.5. The smallest absolute Gasteiger partial charge is 0.287 e. The lowest BCUT2D eigenvalue weighted by Crippen LogP contribution is -3.04. The zero-order valence-corrected chi connectivity index (χ0v) is 16.7. The number of hydrogen-bond acceptors (Lipinski definition) is 4. The molecule has 2 N–H and O–H groups in total. The summed E-state index contributed by atoms with van der Waals surface area (Å²) in [7, 11) is 4.23. The van der Waals surface area contributed by atoms with Gasteiger partial charge in [0.2, 0.25) is 0 Å². The van der Waals surface area contributed by atoms with Crippen molar-refractivity contribution >= 4 is 27.5 Å². The number of benzene rings is 2. The van der Waals surface area contributed by atoms with E-state index in [2.05, 4.69) is 30.5 Å². The molecule has 2 heterocycles. The number of carbonyl (C=O) groups excluding carboxylic acids is 1. The third-order valence-corrected chi connectivity index (χ3v) is 5.49. The molecule has 0 atom stereocenters. The Kier molecular flexibility index (Phi) is 5.23. The molecule has 0 aliphatic heterocycles. The van der Waals surface area contributed by atoms with Gasteiger partial charge in [-0.3, -0.25) is 4.79 Å². The average molecular weight is 393 g/mol. The molecule has 0 fully saturated rings. The van der Waals surface area contributed by atoms with Gasteiger partial charge in [0.15, 0.2) is 16.5 Å². The predicted molar refractivity (Wildman–Crippen MR) is 111 cm³/mol. The van der Waals surface area contributed by atoms with Crippen molar-refractivity contribution in [3.05, 3.63) is 77.6 Å². The summed E-state index contributed by atoms with van der Waals surface area (Å²) in [6, 6.07) is 19.6. The summed E-state index contributed by atoms with van der Waals surface area (Å²) in [4.78, 5) is 18.5. The topological polar surface area (TPSA) is 59.6 Å². The van der Waals surface area contributed by atoms with Crippen molar-refractivity contribution in [3.8, 4) is 10.8 Å². The van der Waals surface area contributed by atoms with E-state index in [-0.39, 0.29) is 5.91 Å². The number of amides is 1. The monoisotopic (exact) mass is 392 g/mol. The number of quaternary nitrogens is 1. The molecule has 4 rings (SSSR count). The number of fused-ring (bicyclic) bond motifs is 1.